The molecule has 2 nitrogen and oxygen atoms in total. The first-order chi connectivity index (χ1) is 15.7. The van der Waals surface area contributed by atoms with Crippen molar-refractivity contribution < 1.29 is 15.0 Å². The number of ether oxygens (including phenoxy) is 1. The third-order valence-electron chi connectivity index (χ3n) is 5.70. The molecule has 29 heavy (non-hydrogen) atoms. The van der Waals surface area contributed by atoms with Crippen LogP contribution in [0.5, 0.6) is 0 Å². The average Bonchev–Trinajstić information content (AvgIpc) is 2.74. The van der Waals surface area contributed by atoms with E-state index in [1.807, 2.05) is 0 Å². The van der Waals surface area contributed by atoms with Gasteiger partial charge in [-0.1, -0.05) is 148 Å². The van der Waals surface area contributed by atoms with E-state index < -0.39 is 18.7 Å². The molecule has 0 heterocycles. The van der Waals surface area contributed by atoms with E-state index in [-0.39, 0.29) is 12.8 Å². The molecule has 0 N–H and O–H groups in total. The molecule has 0 saturated carbocycles. The lowest BCUT2D eigenvalue weighted by molar-refractivity contribution is -0.140. The highest BCUT2D eigenvalue weighted by Crippen LogP contribution is 2.15. The van der Waals surface area contributed by atoms with Crippen LogP contribution in [-0.2, 0) is 9.53 Å². The van der Waals surface area contributed by atoms with Crippen LogP contribution in [0.3, 0.4) is 0 Å². The van der Waals surface area contributed by atoms with Crippen molar-refractivity contribution in [2.75, 3.05) is 7.11 Å². The van der Waals surface area contributed by atoms with E-state index in [0.717, 1.165) is 19.3 Å². The summed E-state index contributed by atoms with van der Waals surface area (Å²) in [7, 11) is 1.23. The van der Waals surface area contributed by atoms with Gasteiger partial charge in [0.1, 0.15) is 0 Å². The van der Waals surface area contributed by atoms with Crippen molar-refractivity contribution >= 4 is 5.97 Å². The smallest absolute Gasteiger partial charge is 0.305 e. The Hall–Kier alpha value is -0.530. The van der Waals surface area contributed by atoms with Crippen molar-refractivity contribution in [3.05, 3.63) is 0 Å². The van der Waals surface area contributed by atoms with Crippen molar-refractivity contribution in [2.45, 2.75) is 161 Å². The van der Waals surface area contributed by atoms with Gasteiger partial charge in [-0.3, -0.25) is 4.79 Å². The SMILES string of the molecule is [2H]C([2H])(CCCCCCCCCCCCCCCCCCCCC)CC([2H])([2H])CC(=O)OC. The Balaban J connectivity index is 3.43. The first kappa shape index (κ1) is 21.7. The predicted molar refractivity (Wildman–Crippen MR) is 128 cm³/mol. The van der Waals surface area contributed by atoms with Crippen LogP contribution in [0.4, 0.5) is 0 Å². The van der Waals surface area contributed by atoms with Gasteiger partial charge in [-0.25, -0.2) is 0 Å². The van der Waals surface area contributed by atoms with E-state index in [1.54, 1.807) is 0 Å². The zero-order chi connectivity index (χ0) is 24.8. The summed E-state index contributed by atoms with van der Waals surface area (Å²) < 4.78 is 36.3. The molecule has 0 saturated heterocycles. The summed E-state index contributed by atoms with van der Waals surface area (Å²) in [6.45, 7) is 2.27. The van der Waals surface area contributed by atoms with Crippen molar-refractivity contribution in [1.29, 1.82) is 0 Å². The third-order valence-corrected chi connectivity index (χ3v) is 5.70. The van der Waals surface area contributed by atoms with Crippen molar-refractivity contribution in [3.63, 3.8) is 0 Å². The number of carbonyl (C=O) groups excluding carboxylic acids is 1. The molecule has 0 bridgehead atoms. The highest BCUT2D eigenvalue weighted by Gasteiger charge is 1.99. The minimum absolute atomic E-state index is 0.256. The van der Waals surface area contributed by atoms with Crippen LogP contribution in [0.25, 0.3) is 0 Å². The molecular formula is C27H54O2. The Morgan fingerprint density at radius 3 is 1.24 bits per heavy atom. The molecule has 174 valence electrons. The summed E-state index contributed by atoms with van der Waals surface area (Å²) in [5.74, 6) is -0.626. The maximum atomic E-state index is 11.3. The van der Waals surface area contributed by atoms with Crippen LogP contribution in [0.15, 0.2) is 0 Å². The Labute approximate surface area is 189 Å². The fraction of sp³-hybridized carbons (Fsp3) is 0.963. The Kier molecular flexibility index (Phi) is 19.1. The minimum atomic E-state index is -1.86. The molecule has 0 aliphatic heterocycles. The van der Waals surface area contributed by atoms with Gasteiger partial charge in [0.15, 0.2) is 0 Å². The number of rotatable bonds is 24. The van der Waals surface area contributed by atoms with Crippen LogP contribution >= 0.6 is 0 Å². The molecule has 0 aromatic heterocycles. The van der Waals surface area contributed by atoms with Crippen LogP contribution in [0.1, 0.15) is 166 Å². The third kappa shape index (κ3) is 25.4. The molecule has 0 aliphatic carbocycles. The zero-order valence-corrected chi connectivity index (χ0v) is 19.9. The summed E-state index contributed by atoms with van der Waals surface area (Å²) in [6.07, 6.45) is 21.2. The second kappa shape index (κ2) is 25.5. The van der Waals surface area contributed by atoms with Crippen LogP contribution in [0.2, 0.25) is 0 Å². The molecule has 0 amide bonds. The Bertz CT molecular complexity index is 455. The molecule has 0 rings (SSSR count). The summed E-state index contributed by atoms with van der Waals surface area (Å²) >= 11 is 0. The van der Waals surface area contributed by atoms with Crippen LogP contribution < -0.4 is 0 Å². The average molecular weight is 415 g/mol. The monoisotopic (exact) mass is 414 g/mol. The second-order valence-electron chi connectivity index (χ2n) is 8.54. The van der Waals surface area contributed by atoms with E-state index in [0.29, 0.717) is 6.42 Å². The Morgan fingerprint density at radius 1 is 0.552 bits per heavy atom. The molecule has 0 unspecified atom stereocenters. The normalized spacial score (nSPS) is 14.1. The van der Waals surface area contributed by atoms with Crippen molar-refractivity contribution in [2.24, 2.45) is 0 Å². The number of hydrogen-bond acceptors (Lipinski definition) is 2. The van der Waals surface area contributed by atoms with Gasteiger partial charge in [-0.15, -0.1) is 0 Å². The maximum Gasteiger partial charge on any atom is 0.305 e. The summed E-state index contributed by atoms with van der Waals surface area (Å²) in [4.78, 5) is 11.3. The second-order valence-corrected chi connectivity index (χ2v) is 8.54. The minimum Gasteiger partial charge on any atom is -0.469 e. The van der Waals surface area contributed by atoms with Gasteiger partial charge in [-0.2, -0.15) is 0 Å². The molecule has 0 spiro atoms. The van der Waals surface area contributed by atoms with Crippen LogP contribution in [0, 0.1) is 0 Å². The van der Waals surface area contributed by atoms with Crippen molar-refractivity contribution in [1.82, 2.24) is 0 Å². The van der Waals surface area contributed by atoms with Gasteiger partial charge in [0, 0.05) is 11.9 Å². The summed E-state index contributed by atoms with van der Waals surface area (Å²) in [5, 5.41) is 0. The van der Waals surface area contributed by atoms with E-state index in [9.17, 15) is 4.79 Å². The maximum absolute atomic E-state index is 11.3. The van der Waals surface area contributed by atoms with Gasteiger partial charge in [0.05, 0.1) is 7.11 Å². The lowest BCUT2D eigenvalue weighted by atomic mass is 10.0. The predicted octanol–water partition coefficient (Wildman–Crippen LogP) is 9.54. The molecule has 0 fully saturated rings. The van der Waals surface area contributed by atoms with E-state index in [4.69, 9.17) is 5.48 Å². The highest BCUT2D eigenvalue weighted by atomic mass is 16.5. The van der Waals surface area contributed by atoms with Gasteiger partial charge in [0.2, 0.25) is 0 Å². The molecular weight excluding hydrogens is 356 g/mol. The number of unbranched alkanes of at least 4 members (excludes halogenated alkanes) is 18. The fourth-order valence-electron chi connectivity index (χ4n) is 3.74. The number of methoxy groups -OCH3 is 1. The van der Waals surface area contributed by atoms with E-state index >= 15 is 0 Å². The summed E-state index contributed by atoms with van der Waals surface area (Å²) in [6, 6.07) is 0. The lowest BCUT2D eigenvalue weighted by Gasteiger charge is -2.04. The lowest BCUT2D eigenvalue weighted by Crippen LogP contribution is -1.99. The van der Waals surface area contributed by atoms with Crippen molar-refractivity contribution in [3.8, 4) is 0 Å². The summed E-state index contributed by atoms with van der Waals surface area (Å²) in [5.41, 5.74) is 0. The zero-order valence-electron chi connectivity index (χ0n) is 23.9. The van der Waals surface area contributed by atoms with Gasteiger partial charge >= 0.3 is 5.97 Å². The molecule has 0 aromatic rings. The largest absolute Gasteiger partial charge is 0.469 e. The number of carbonyl (C=O) groups is 1. The molecule has 0 radical (unpaired) electrons. The molecule has 0 aromatic carbocycles. The Morgan fingerprint density at radius 2 is 0.897 bits per heavy atom. The fourth-order valence-corrected chi connectivity index (χ4v) is 3.74. The van der Waals surface area contributed by atoms with E-state index in [2.05, 4.69) is 11.7 Å². The van der Waals surface area contributed by atoms with Gasteiger partial charge in [-0.05, 0) is 6.37 Å². The van der Waals surface area contributed by atoms with Crippen LogP contribution in [-0.4, -0.2) is 13.1 Å². The first-order valence-electron chi connectivity index (χ1n) is 14.8. The molecule has 0 aliphatic rings. The standard InChI is InChI=1S/C27H54O2/c1-3-4-5-6-7-8-9-10-11-12-13-14-15-16-17-18-19-20-21-22-23-24-25-26-27(28)29-2/h3-26H2,1-2H3/i23D2,25D2. The van der Waals surface area contributed by atoms with E-state index in [1.165, 1.54) is 110 Å². The number of hydrogen-bond donors (Lipinski definition) is 0. The highest BCUT2D eigenvalue weighted by molar-refractivity contribution is 5.68. The quantitative estimate of drug-likeness (QED) is 0.116. The van der Waals surface area contributed by atoms with Gasteiger partial charge < -0.3 is 4.74 Å². The first-order valence-corrected chi connectivity index (χ1v) is 12.8. The number of esters is 1. The van der Waals surface area contributed by atoms with Gasteiger partial charge in [0.25, 0.3) is 0 Å². The molecule has 0 atom stereocenters. The topological polar surface area (TPSA) is 26.3 Å². The molecule has 2 heteroatoms.